The molecule has 1 unspecified atom stereocenters. The van der Waals surface area contributed by atoms with Crippen LogP contribution in [-0.4, -0.2) is 28.8 Å². The summed E-state index contributed by atoms with van der Waals surface area (Å²) in [5, 5.41) is 0. The minimum absolute atomic E-state index is 0.0138. The molecule has 0 aliphatic heterocycles. The third-order valence-electron chi connectivity index (χ3n) is 10.6. The van der Waals surface area contributed by atoms with Crippen LogP contribution in [0.4, 0.5) is 18.0 Å². The van der Waals surface area contributed by atoms with Gasteiger partial charge in [-0.25, -0.2) is 4.79 Å². The number of ether oxygens (including phenoxy) is 1. The molecule has 1 aromatic rings. The highest BCUT2D eigenvalue weighted by molar-refractivity contribution is 5.93. The van der Waals surface area contributed by atoms with Crippen molar-refractivity contribution in [3.05, 3.63) is 47.0 Å². The van der Waals surface area contributed by atoms with Crippen LogP contribution in [0.15, 0.2) is 35.9 Å². The van der Waals surface area contributed by atoms with Crippen LogP contribution in [0.25, 0.3) is 0 Å². The fraction of sp³-hybridized carbons (Fsp3) is 0.645. The number of carbonyl (C=O) groups excluding carboxylic acids is 3. The lowest BCUT2D eigenvalue weighted by molar-refractivity contribution is -0.139. The Balaban J connectivity index is 1.55. The molecule has 0 heterocycles. The van der Waals surface area contributed by atoms with Gasteiger partial charge in [0.15, 0.2) is 5.78 Å². The lowest BCUT2D eigenvalue weighted by atomic mass is 9.46. The summed E-state index contributed by atoms with van der Waals surface area (Å²) in [7, 11) is 0. The van der Waals surface area contributed by atoms with Crippen molar-refractivity contribution >= 4 is 17.8 Å². The summed E-state index contributed by atoms with van der Waals surface area (Å²) < 4.78 is 45.6. The minimum Gasteiger partial charge on any atom is -0.376 e. The summed E-state index contributed by atoms with van der Waals surface area (Å²) in [5.41, 5.74) is 0.280. The van der Waals surface area contributed by atoms with E-state index in [9.17, 15) is 27.6 Å². The maximum Gasteiger partial charge on any atom is 0.418 e. The highest BCUT2D eigenvalue weighted by Crippen LogP contribution is 2.65. The number of halogens is 3. The van der Waals surface area contributed by atoms with Gasteiger partial charge in [0.2, 0.25) is 0 Å². The average molecular weight is 546 g/mol. The molecule has 5 nitrogen and oxygen atoms in total. The van der Waals surface area contributed by atoms with E-state index in [2.05, 4.69) is 13.8 Å². The molecule has 0 saturated heterocycles. The Morgan fingerprint density at radius 2 is 1.87 bits per heavy atom. The highest BCUT2D eigenvalue weighted by atomic mass is 19.4. The normalized spacial score (nSPS) is 33.9. The molecular formula is C31H38F3NO4. The van der Waals surface area contributed by atoms with Crippen molar-refractivity contribution < 1.29 is 32.3 Å². The van der Waals surface area contributed by atoms with Gasteiger partial charge in [-0.15, -0.1) is 0 Å². The van der Waals surface area contributed by atoms with Gasteiger partial charge < -0.3 is 4.74 Å². The first-order valence-electron chi connectivity index (χ1n) is 14.3. The molecule has 0 aromatic heterocycles. The van der Waals surface area contributed by atoms with E-state index in [-0.39, 0.29) is 36.7 Å². The van der Waals surface area contributed by atoms with Crippen LogP contribution >= 0.6 is 0 Å². The fourth-order valence-electron chi connectivity index (χ4n) is 8.61. The second-order valence-corrected chi connectivity index (χ2v) is 12.6. The molecule has 4 aliphatic carbocycles. The van der Waals surface area contributed by atoms with Crippen LogP contribution in [0.1, 0.15) is 89.7 Å². The van der Waals surface area contributed by atoms with Crippen molar-refractivity contribution in [3.8, 4) is 0 Å². The molecule has 1 aromatic carbocycles. The predicted octanol–water partition coefficient (Wildman–Crippen LogP) is 7.48. The molecule has 4 aliphatic rings. The summed E-state index contributed by atoms with van der Waals surface area (Å²) >= 11 is 0. The van der Waals surface area contributed by atoms with Crippen molar-refractivity contribution in [2.75, 3.05) is 0 Å². The Morgan fingerprint density at radius 3 is 2.59 bits per heavy atom. The van der Waals surface area contributed by atoms with Crippen LogP contribution in [-0.2, 0) is 27.0 Å². The number of hydrogen-bond acceptors (Lipinski definition) is 4. The Morgan fingerprint density at radius 1 is 1.10 bits per heavy atom. The van der Waals surface area contributed by atoms with E-state index in [1.54, 1.807) is 13.0 Å². The van der Waals surface area contributed by atoms with Crippen molar-refractivity contribution in [3.63, 3.8) is 0 Å². The van der Waals surface area contributed by atoms with Gasteiger partial charge in [0, 0.05) is 24.8 Å². The first-order chi connectivity index (χ1) is 18.4. The molecule has 0 bridgehead atoms. The summed E-state index contributed by atoms with van der Waals surface area (Å²) in [6, 6.07) is 4.26. The topological polar surface area (TPSA) is 63.7 Å². The van der Waals surface area contributed by atoms with E-state index in [4.69, 9.17) is 4.74 Å². The molecule has 212 valence electrons. The number of amides is 1. The van der Waals surface area contributed by atoms with Gasteiger partial charge in [0.05, 0.1) is 11.6 Å². The zero-order valence-corrected chi connectivity index (χ0v) is 23.0. The number of carbonyl (C=O) groups is 3. The van der Waals surface area contributed by atoms with E-state index in [1.807, 2.05) is 0 Å². The zero-order chi connectivity index (χ0) is 28.2. The first-order valence-corrected chi connectivity index (χ1v) is 14.3. The van der Waals surface area contributed by atoms with Gasteiger partial charge in [0.1, 0.15) is 0 Å². The standard InChI is InChI=1S/C31H38F3NO4/c1-4-27(37)39-28(38)35(18-19-7-5-8-21(15-19)31(32,33)34)26-17-22(36)16-20-10-11-23-24-9-6-13-29(24,2)14-12-25(23)30(20,26)3/h5,7-8,15-16,23-26H,4,6,9-14,17-18H2,1-3H3/t23-,24-,25-,26?,29-,30-/m0/s1. The third kappa shape index (κ3) is 4.93. The third-order valence-corrected chi connectivity index (χ3v) is 10.6. The van der Waals surface area contributed by atoms with E-state index < -0.39 is 35.3 Å². The van der Waals surface area contributed by atoms with Crippen LogP contribution in [0.3, 0.4) is 0 Å². The largest absolute Gasteiger partial charge is 0.418 e. The van der Waals surface area contributed by atoms with Crippen molar-refractivity contribution in [2.24, 2.45) is 28.6 Å². The summed E-state index contributed by atoms with van der Waals surface area (Å²) in [6.07, 6.45) is 3.86. The molecule has 1 amide bonds. The molecule has 8 heteroatoms. The number of alkyl halides is 3. The number of rotatable bonds is 4. The maximum absolute atomic E-state index is 13.5. The molecular weight excluding hydrogens is 507 g/mol. The number of esters is 1. The second-order valence-electron chi connectivity index (χ2n) is 12.6. The van der Waals surface area contributed by atoms with Gasteiger partial charge in [0.25, 0.3) is 0 Å². The highest BCUT2D eigenvalue weighted by Gasteiger charge is 2.60. The van der Waals surface area contributed by atoms with E-state index >= 15 is 0 Å². The SMILES string of the molecule is CCC(=O)OC(=O)N(Cc1cccc(C(F)(F)F)c1)C1CC(=O)C=C2CC[C@H]3[C@@H]4CCC[C@@]4(C)CC[C@@H]3[C@]21C. The molecule has 0 radical (unpaired) electrons. The van der Waals surface area contributed by atoms with E-state index in [1.165, 1.54) is 36.3 Å². The number of ketones is 1. The average Bonchev–Trinajstić information content (AvgIpc) is 3.29. The molecule has 39 heavy (non-hydrogen) atoms. The fourth-order valence-corrected chi connectivity index (χ4v) is 8.61. The molecule has 5 rings (SSSR count). The quantitative estimate of drug-likeness (QED) is 0.291. The molecule has 0 N–H and O–H groups in total. The zero-order valence-electron chi connectivity index (χ0n) is 23.0. The van der Waals surface area contributed by atoms with Gasteiger partial charge in [-0.2, -0.15) is 13.2 Å². The Labute approximate surface area is 228 Å². The maximum atomic E-state index is 13.5. The summed E-state index contributed by atoms with van der Waals surface area (Å²) in [5.74, 6) is 0.491. The lowest BCUT2D eigenvalue weighted by Crippen LogP contribution is -2.60. The van der Waals surface area contributed by atoms with Gasteiger partial charge >= 0.3 is 18.2 Å². The monoisotopic (exact) mass is 545 g/mol. The minimum atomic E-state index is -4.53. The molecule has 6 atom stereocenters. The van der Waals surface area contributed by atoms with Gasteiger partial charge in [-0.1, -0.05) is 44.9 Å². The van der Waals surface area contributed by atoms with Crippen molar-refractivity contribution in [2.45, 2.75) is 97.3 Å². The van der Waals surface area contributed by atoms with Gasteiger partial charge in [-0.3, -0.25) is 14.5 Å². The van der Waals surface area contributed by atoms with Crippen LogP contribution in [0, 0.1) is 28.6 Å². The number of benzene rings is 1. The van der Waals surface area contributed by atoms with Crippen molar-refractivity contribution in [1.82, 2.24) is 4.90 Å². The Hall–Kier alpha value is -2.64. The molecule has 0 spiro atoms. The van der Waals surface area contributed by atoms with Crippen LogP contribution in [0.5, 0.6) is 0 Å². The van der Waals surface area contributed by atoms with E-state index in [0.29, 0.717) is 17.3 Å². The van der Waals surface area contributed by atoms with Crippen molar-refractivity contribution in [1.29, 1.82) is 0 Å². The predicted molar refractivity (Wildman–Crippen MR) is 139 cm³/mol. The summed E-state index contributed by atoms with van der Waals surface area (Å²) in [6.45, 7) is 5.94. The molecule has 3 saturated carbocycles. The summed E-state index contributed by atoms with van der Waals surface area (Å²) in [4.78, 5) is 40.1. The lowest BCUT2D eigenvalue weighted by Gasteiger charge is -2.60. The number of hydrogen-bond donors (Lipinski definition) is 0. The van der Waals surface area contributed by atoms with E-state index in [0.717, 1.165) is 43.4 Å². The Kier molecular flexibility index (Phi) is 7.21. The number of nitrogens with zero attached hydrogens (tertiary/aromatic N) is 1. The van der Waals surface area contributed by atoms with Gasteiger partial charge in [-0.05, 0) is 85.5 Å². The molecule has 3 fully saturated rings. The second kappa shape index (κ2) is 10.1. The Bertz CT molecular complexity index is 1190. The smallest absolute Gasteiger partial charge is 0.376 e. The van der Waals surface area contributed by atoms with Crippen LogP contribution in [0.2, 0.25) is 0 Å². The first kappa shape index (κ1) is 27.9. The van der Waals surface area contributed by atoms with Crippen LogP contribution < -0.4 is 0 Å². The number of fused-ring (bicyclic) bond motifs is 5.